The van der Waals surface area contributed by atoms with E-state index in [4.69, 9.17) is 5.11 Å². The van der Waals surface area contributed by atoms with E-state index in [0.717, 1.165) is 0 Å². The van der Waals surface area contributed by atoms with Crippen molar-refractivity contribution in [2.75, 3.05) is 11.4 Å². The molecule has 0 aliphatic carbocycles. The number of carbonyl (C=O) groups excluding carboxylic acids is 2. The van der Waals surface area contributed by atoms with Crippen molar-refractivity contribution in [1.29, 1.82) is 0 Å². The van der Waals surface area contributed by atoms with Crippen LogP contribution < -0.4 is 10.2 Å². The summed E-state index contributed by atoms with van der Waals surface area (Å²) in [6, 6.07) is 7.87. The van der Waals surface area contributed by atoms with Crippen LogP contribution in [-0.4, -0.2) is 35.5 Å². The number of carbonyl (C=O) groups is 3. The molecule has 0 aliphatic heterocycles. The molecule has 0 saturated heterocycles. The van der Waals surface area contributed by atoms with Gasteiger partial charge in [-0.1, -0.05) is 32.0 Å². The number of benzene rings is 1. The first-order chi connectivity index (χ1) is 10.3. The smallest absolute Gasteiger partial charge is 0.325 e. The second-order valence-corrected chi connectivity index (χ2v) is 5.54. The molecule has 22 heavy (non-hydrogen) atoms. The Morgan fingerprint density at radius 1 is 1.14 bits per heavy atom. The summed E-state index contributed by atoms with van der Waals surface area (Å²) in [5, 5.41) is 11.2. The van der Waals surface area contributed by atoms with Gasteiger partial charge in [0.1, 0.15) is 12.6 Å². The molecule has 2 N–H and O–H groups in total. The van der Waals surface area contributed by atoms with E-state index in [1.54, 1.807) is 24.3 Å². The highest BCUT2D eigenvalue weighted by Gasteiger charge is 2.22. The lowest BCUT2D eigenvalue weighted by molar-refractivity contribution is -0.141. The largest absolute Gasteiger partial charge is 0.480 e. The van der Waals surface area contributed by atoms with Crippen molar-refractivity contribution >= 4 is 23.5 Å². The van der Waals surface area contributed by atoms with E-state index in [1.807, 2.05) is 19.9 Å². The van der Waals surface area contributed by atoms with Crippen LogP contribution in [0.4, 0.5) is 5.69 Å². The molecule has 0 unspecified atom stereocenters. The van der Waals surface area contributed by atoms with Gasteiger partial charge in [-0.3, -0.25) is 14.4 Å². The summed E-state index contributed by atoms with van der Waals surface area (Å²) < 4.78 is 0. The summed E-state index contributed by atoms with van der Waals surface area (Å²) in [5.41, 5.74) is 0.617. The molecule has 0 aromatic heterocycles. The number of para-hydroxylation sites is 1. The molecule has 2 amide bonds. The summed E-state index contributed by atoms with van der Waals surface area (Å²) in [6.07, 6.45) is 0.316. The molecular weight excluding hydrogens is 284 g/mol. The van der Waals surface area contributed by atoms with Gasteiger partial charge in [-0.2, -0.15) is 0 Å². The van der Waals surface area contributed by atoms with Gasteiger partial charge in [0.25, 0.3) is 0 Å². The summed E-state index contributed by atoms with van der Waals surface area (Å²) in [5.74, 6) is -1.62. The van der Waals surface area contributed by atoms with Gasteiger partial charge in [0.2, 0.25) is 11.8 Å². The maximum absolute atomic E-state index is 12.3. The molecule has 0 saturated carbocycles. The minimum atomic E-state index is -1.12. The first-order valence-corrected chi connectivity index (χ1v) is 7.18. The number of carboxylic acid groups (broad SMARTS) is 1. The molecule has 0 radical (unpaired) electrons. The topological polar surface area (TPSA) is 86.7 Å². The minimum absolute atomic E-state index is 0.166. The lowest BCUT2D eigenvalue weighted by Gasteiger charge is -2.23. The van der Waals surface area contributed by atoms with Crippen molar-refractivity contribution in [2.45, 2.75) is 33.2 Å². The molecule has 6 heteroatoms. The highest BCUT2D eigenvalue weighted by Crippen LogP contribution is 2.16. The zero-order chi connectivity index (χ0) is 16.7. The van der Waals surface area contributed by atoms with Crippen molar-refractivity contribution in [2.24, 2.45) is 5.92 Å². The lowest BCUT2D eigenvalue weighted by Crippen LogP contribution is -2.46. The highest BCUT2D eigenvalue weighted by molar-refractivity contribution is 5.99. The van der Waals surface area contributed by atoms with Crippen LogP contribution in [0.5, 0.6) is 0 Å². The van der Waals surface area contributed by atoms with Crippen molar-refractivity contribution in [3.63, 3.8) is 0 Å². The van der Waals surface area contributed by atoms with Gasteiger partial charge in [0, 0.05) is 12.1 Å². The summed E-state index contributed by atoms with van der Waals surface area (Å²) in [4.78, 5) is 36.5. The number of carboxylic acids is 1. The van der Waals surface area contributed by atoms with Crippen molar-refractivity contribution < 1.29 is 19.5 Å². The molecule has 0 spiro atoms. The van der Waals surface area contributed by atoms with Crippen LogP contribution >= 0.6 is 0 Å². The molecule has 1 rings (SSSR count). The third-order valence-electron chi connectivity index (χ3n) is 3.00. The van der Waals surface area contributed by atoms with Crippen LogP contribution in [0.3, 0.4) is 0 Å². The Bertz CT molecular complexity index is 528. The van der Waals surface area contributed by atoms with Gasteiger partial charge >= 0.3 is 5.97 Å². The fourth-order valence-corrected chi connectivity index (χ4v) is 1.88. The average molecular weight is 306 g/mol. The van der Waals surface area contributed by atoms with Crippen molar-refractivity contribution in [3.05, 3.63) is 30.3 Å². The Hall–Kier alpha value is -2.37. The van der Waals surface area contributed by atoms with Gasteiger partial charge in [-0.15, -0.1) is 0 Å². The Morgan fingerprint density at radius 3 is 2.23 bits per heavy atom. The predicted molar refractivity (Wildman–Crippen MR) is 83.5 cm³/mol. The van der Waals surface area contributed by atoms with Crippen LogP contribution in [0.2, 0.25) is 0 Å². The summed E-state index contributed by atoms with van der Waals surface area (Å²) in [6.45, 7) is 5.03. The average Bonchev–Trinajstić information content (AvgIpc) is 2.44. The van der Waals surface area contributed by atoms with Crippen LogP contribution in [0.25, 0.3) is 0 Å². The van der Waals surface area contributed by atoms with Crippen LogP contribution in [-0.2, 0) is 14.4 Å². The normalized spacial score (nSPS) is 11.8. The molecule has 0 bridgehead atoms. The van der Waals surface area contributed by atoms with Gasteiger partial charge in [0.05, 0.1) is 0 Å². The molecule has 1 aromatic rings. The summed E-state index contributed by atoms with van der Waals surface area (Å²) >= 11 is 0. The number of hydrogen-bond acceptors (Lipinski definition) is 3. The number of nitrogens with one attached hydrogen (secondary N) is 1. The quantitative estimate of drug-likeness (QED) is 0.802. The molecule has 0 fully saturated rings. The molecule has 0 aliphatic rings. The van der Waals surface area contributed by atoms with E-state index in [-0.39, 0.29) is 18.4 Å². The van der Waals surface area contributed by atoms with E-state index in [0.29, 0.717) is 12.1 Å². The first-order valence-electron chi connectivity index (χ1n) is 7.18. The monoisotopic (exact) mass is 306 g/mol. The summed E-state index contributed by atoms with van der Waals surface area (Å²) in [7, 11) is 0. The second-order valence-electron chi connectivity index (χ2n) is 5.54. The second kappa shape index (κ2) is 8.17. The van der Waals surface area contributed by atoms with Crippen LogP contribution in [0.1, 0.15) is 27.2 Å². The number of hydrogen-bond donors (Lipinski definition) is 2. The standard InChI is InChI=1S/C16H22N2O4/c1-11(2)9-15(20)18(13-7-5-4-6-8-13)10-14(19)17-12(3)16(21)22/h4-8,11-12H,9-10H2,1-3H3,(H,17,19)(H,21,22)/t12-/m0/s1. The van der Waals surface area contributed by atoms with Gasteiger partial charge < -0.3 is 15.3 Å². The predicted octanol–water partition coefficient (Wildman–Crippen LogP) is 1.65. The Balaban J connectivity index is 2.85. The van der Waals surface area contributed by atoms with E-state index in [2.05, 4.69) is 5.32 Å². The van der Waals surface area contributed by atoms with Crippen LogP contribution in [0, 0.1) is 5.92 Å². The molecule has 0 heterocycles. The number of rotatable bonds is 7. The maximum Gasteiger partial charge on any atom is 0.325 e. The molecule has 6 nitrogen and oxygen atoms in total. The van der Waals surface area contributed by atoms with E-state index >= 15 is 0 Å². The Morgan fingerprint density at radius 2 is 1.73 bits per heavy atom. The van der Waals surface area contributed by atoms with Gasteiger partial charge in [-0.25, -0.2) is 0 Å². The van der Waals surface area contributed by atoms with Gasteiger partial charge in [0.15, 0.2) is 0 Å². The fourth-order valence-electron chi connectivity index (χ4n) is 1.88. The number of nitrogens with zero attached hydrogens (tertiary/aromatic N) is 1. The minimum Gasteiger partial charge on any atom is -0.480 e. The Labute approximate surface area is 130 Å². The fraction of sp³-hybridized carbons (Fsp3) is 0.438. The molecule has 1 aromatic carbocycles. The molecule has 120 valence electrons. The maximum atomic E-state index is 12.3. The molecular formula is C16H22N2O4. The Kier molecular flexibility index (Phi) is 6.56. The third-order valence-corrected chi connectivity index (χ3v) is 3.00. The van der Waals surface area contributed by atoms with Crippen molar-refractivity contribution in [1.82, 2.24) is 5.32 Å². The van der Waals surface area contributed by atoms with Crippen molar-refractivity contribution in [3.8, 4) is 0 Å². The third kappa shape index (κ3) is 5.55. The van der Waals surface area contributed by atoms with Gasteiger partial charge in [-0.05, 0) is 25.0 Å². The number of aliphatic carboxylic acids is 1. The zero-order valence-corrected chi connectivity index (χ0v) is 13.1. The first kappa shape index (κ1) is 17.7. The number of amides is 2. The SMILES string of the molecule is CC(C)CC(=O)N(CC(=O)N[C@@H](C)C(=O)O)c1ccccc1. The zero-order valence-electron chi connectivity index (χ0n) is 13.1. The van der Waals surface area contributed by atoms with E-state index in [9.17, 15) is 14.4 Å². The highest BCUT2D eigenvalue weighted by atomic mass is 16.4. The van der Waals surface area contributed by atoms with E-state index in [1.165, 1.54) is 11.8 Å². The van der Waals surface area contributed by atoms with Crippen LogP contribution in [0.15, 0.2) is 30.3 Å². The van der Waals surface area contributed by atoms with E-state index < -0.39 is 17.9 Å². The lowest BCUT2D eigenvalue weighted by atomic mass is 10.1. The molecule has 1 atom stereocenters. The number of anilines is 1.